The van der Waals surface area contributed by atoms with Gasteiger partial charge in [-0.25, -0.2) is 13.2 Å². The van der Waals surface area contributed by atoms with Crippen molar-refractivity contribution in [1.29, 1.82) is 0 Å². The molecule has 0 nitrogen and oxygen atoms in total. The molecule has 7 aromatic carbocycles. The Labute approximate surface area is 267 Å². The Balaban J connectivity index is 1.44. The molecule has 0 spiro atoms. The molecule has 7 rings (SSSR count). The molecule has 46 heavy (non-hydrogen) atoms. The highest BCUT2D eigenvalue weighted by Crippen LogP contribution is 2.46. The lowest BCUT2D eigenvalue weighted by Gasteiger charge is -2.37. The zero-order chi connectivity index (χ0) is 31.5. The van der Waals surface area contributed by atoms with E-state index in [0.29, 0.717) is 0 Å². The van der Waals surface area contributed by atoms with Gasteiger partial charge in [0.2, 0.25) is 0 Å². The summed E-state index contributed by atoms with van der Waals surface area (Å²) in [4.78, 5) is 0. The molecule has 7 aromatic rings. The van der Waals surface area contributed by atoms with Crippen molar-refractivity contribution in [2.75, 3.05) is 0 Å². The summed E-state index contributed by atoms with van der Waals surface area (Å²) in [5.41, 5.74) is 9.06. The summed E-state index contributed by atoms with van der Waals surface area (Å²) in [6, 6.07) is 55.0. The summed E-state index contributed by atoms with van der Waals surface area (Å²) in [5.74, 6) is -0.868. The monoisotopic (exact) mass is 602 g/mol. The summed E-state index contributed by atoms with van der Waals surface area (Å²) >= 11 is 0. The molecule has 0 atom stereocenters. The molecule has 0 aliphatic heterocycles. The molecule has 0 bridgehead atoms. The van der Waals surface area contributed by atoms with Crippen LogP contribution in [0.3, 0.4) is 0 Å². The van der Waals surface area contributed by atoms with E-state index in [-0.39, 0.29) is 17.5 Å². The van der Waals surface area contributed by atoms with Crippen molar-refractivity contribution < 1.29 is 13.2 Å². The van der Waals surface area contributed by atoms with Crippen LogP contribution in [0.4, 0.5) is 13.2 Å². The molecular weight excluding hydrogens is 573 g/mol. The van der Waals surface area contributed by atoms with Crippen LogP contribution in [0.1, 0.15) is 22.3 Å². The minimum absolute atomic E-state index is 0.279. The number of hydrogen-bond donors (Lipinski definition) is 0. The molecule has 3 heteroatoms. The van der Waals surface area contributed by atoms with Crippen LogP contribution < -0.4 is 0 Å². The average molecular weight is 603 g/mol. The highest BCUT2D eigenvalue weighted by Gasteiger charge is 2.38. The van der Waals surface area contributed by atoms with Crippen molar-refractivity contribution in [3.8, 4) is 33.4 Å². The molecule has 0 aliphatic rings. The van der Waals surface area contributed by atoms with Crippen molar-refractivity contribution in [1.82, 2.24) is 0 Å². The van der Waals surface area contributed by atoms with Gasteiger partial charge in [-0.3, -0.25) is 0 Å². The van der Waals surface area contributed by atoms with Gasteiger partial charge in [-0.15, -0.1) is 0 Å². The Bertz CT molecular complexity index is 1960. The standard InChI is InChI=1S/C43H29F3/c44-40-24-12-34(13-25-40)32-8-18-37(19-9-32)43(39-22-28-42(46)29-23-39,36-16-6-31(7-17-36)30-4-2-1-3-5-30)38-20-10-33(11-21-38)35-14-26-41(45)27-15-35/h1-29H. The molecular formula is C43H29F3. The van der Waals surface area contributed by atoms with Crippen LogP contribution in [-0.2, 0) is 5.41 Å². The molecule has 0 amide bonds. The van der Waals surface area contributed by atoms with Crippen LogP contribution >= 0.6 is 0 Å². The molecule has 0 heterocycles. The first-order chi connectivity index (χ1) is 22.5. The van der Waals surface area contributed by atoms with Crippen LogP contribution in [0.5, 0.6) is 0 Å². The van der Waals surface area contributed by atoms with E-state index in [1.165, 1.54) is 36.4 Å². The molecule has 0 aromatic heterocycles. The highest BCUT2D eigenvalue weighted by atomic mass is 19.1. The summed E-state index contributed by atoms with van der Waals surface area (Å²) in [6.45, 7) is 0. The van der Waals surface area contributed by atoms with Gasteiger partial charge in [0.15, 0.2) is 0 Å². The van der Waals surface area contributed by atoms with Gasteiger partial charge in [-0.1, -0.05) is 140 Å². The third-order valence-corrected chi connectivity index (χ3v) is 8.69. The van der Waals surface area contributed by atoms with Gasteiger partial charge < -0.3 is 0 Å². The van der Waals surface area contributed by atoms with Gasteiger partial charge in [0.05, 0.1) is 5.41 Å². The second kappa shape index (κ2) is 12.4. The van der Waals surface area contributed by atoms with Crippen LogP contribution in [0.25, 0.3) is 33.4 Å². The number of benzene rings is 7. The van der Waals surface area contributed by atoms with Crippen LogP contribution in [0, 0.1) is 17.5 Å². The first-order valence-corrected chi connectivity index (χ1v) is 15.2. The van der Waals surface area contributed by atoms with Crippen molar-refractivity contribution in [3.05, 3.63) is 216 Å². The van der Waals surface area contributed by atoms with E-state index in [4.69, 9.17) is 0 Å². The van der Waals surface area contributed by atoms with Crippen LogP contribution in [-0.4, -0.2) is 0 Å². The van der Waals surface area contributed by atoms with Gasteiger partial charge in [-0.2, -0.15) is 0 Å². The van der Waals surface area contributed by atoms with Crippen LogP contribution in [0.15, 0.2) is 176 Å². The lowest BCUT2D eigenvalue weighted by molar-refractivity contribution is 0.624. The number of halogens is 3. The quantitative estimate of drug-likeness (QED) is 0.159. The smallest absolute Gasteiger partial charge is 0.123 e. The Morgan fingerprint density at radius 1 is 0.239 bits per heavy atom. The van der Waals surface area contributed by atoms with Crippen molar-refractivity contribution in [3.63, 3.8) is 0 Å². The van der Waals surface area contributed by atoms with E-state index >= 15 is 0 Å². The highest BCUT2D eigenvalue weighted by molar-refractivity contribution is 5.70. The fraction of sp³-hybridized carbons (Fsp3) is 0.0233. The predicted octanol–water partition coefficient (Wildman–Crippen LogP) is 11.5. The third kappa shape index (κ3) is 5.52. The van der Waals surface area contributed by atoms with Crippen molar-refractivity contribution in [2.24, 2.45) is 0 Å². The largest absolute Gasteiger partial charge is 0.207 e. The first-order valence-electron chi connectivity index (χ1n) is 15.2. The van der Waals surface area contributed by atoms with Gasteiger partial charge in [0, 0.05) is 0 Å². The lowest BCUT2D eigenvalue weighted by Crippen LogP contribution is -2.31. The van der Waals surface area contributed by atoms with Crippen molar-refractivity contribution >= 4 is 0 Å². The minimum atomic E-state index is -0.814. The van der Waals surface area contributed by atoms with Crippen molar-refractivity contribution in [2.45, 2.75) is 5.41 Å². The summed E-state index contributed by atoms with van der Waals surface area (Å²) < 4.78 is 41.7. The summed E-state index contributed by atoms with van der Waals surface area (Å²) in [6.07, 6.45) is 0. The number of rotatable bonds is 7. The van der Waals surface area contributed by atoms with E-state index in [1.54, 1.807) is 24.3 Å². The van der Waals surface area contributed by atoms with Gasteiger partial charge in [-0.05, 0) is 92.0 Å². The maximum absolute atomic E-state index is 14.4. The predicted molar refractivity (Wildman–Crippen MR) is 181 cm³/mol. The van der Waals surface area contributed by atoms with E-state index in [1.807, 2.05) is 54.6 Å². The average Bonchev–Trinajstić information content (AvgIpc) is 3.11. The Kier molecular flexibility index (Phi) is 7.82. The molecule has 0 N–H and O–H groups in total. The second-order valence-electron chi connectivity index (χ2n) is 11.4. The maximum atomic E-state index is 14.4. The van der Waals surface area contributed by atoms with E-state index in [2.05, 4.69) is 60.7 Å². The lowest BCUT2D eigenvalue weighted by atomic mass is 9.64. The molecule has 0 unspecified atom stereocenters. The normalized spacial score (nSPS) is 11.4. The zero-order valence-electron chi connectivity index (χ0n) is 24.9. The van der Waals surface area contributed by atoms with Gasteiger partial charge in [0.1, 0.15) is 17.5 Å². The molecule has 222 valence electrons. The molecule has 0 radical (unpaired) electrons. The summed E-state index contributed by atoms with van der Waals surface area (Å²) in [7, 11) is 0. The van der Waals surface area contributed by atoms with E-state index in [0.717, 1.165) is 55.6 Å². The molecule has 0 saturated heterocycles. The van der Waals surface area contributed by atoms with Gasteiger partial charge in [0.25, 0.3) is 0 Å². The third-order valence-electron chi connectivity index (χ3n) is 8.69. The Morgan fingerprint density at radius 3 is 0.761 bits per heavy atom. The second-order valence-corrected chi connectivity index (χ2v) is 11.4. The van der Waals surface area contributed by atoms with E-state index in [9.17, 15) is 13.2 Å². The fourth-order valence-corrected chi connectivity index (χ4v) is 6.35. The Hall–Kier alpha value is -5.67. The first kappa shape index (κ1) is 29.1. The van der Waals surface area contributed by atoms with Gasteiger partial charge >= 0.3 is 0 Å². The zero-order valence-corrected chi connectivity index (χ0v) is 24.9. The number of hydrogen-bond acceptors (Lipinski definition) is 0. The molecule has 0 aliphatic carbocycles. The summed E-state index contributed by atoms with van der Waals surface area (Å²) in [5, 5.41) is 0. The van der Waals surface area contributed by atoms with Crippen LogP contribution in [0.2, 0.25) is 0 Å². The topological polar surface area (TPSA) is 0 Å². The maximum Gasteiger partial charge on any atom is 0.123 e. The van der Waals surface area contributed by atoms with E-state index < -0.39 is 5.41 Å². The fourth-order valence-electron chi connectivity index (χ4n) is 6.35. The molecule has 0 saturated carbocycles. The Morgan fingerprint density at radius 2 is 0.457 bits per heavy atom. The molecule has 0 fully saturated rings. The SMILES string of the molecule is Fc1ccc(-c2ccc(C(c3ccc(F)cc3)(c3ccc(-c4ccccc4)cc3)c3ccc(-c4ccc(F)cc4)cc3)cc2)cc1. The minimum Gasteiger partial charge on any atom is -0.207 e.